The summed E-state index contributed by atoms with van der Waals surface area (Å²) in [5.41, 5.74) is 0.785. The molecule has 0 saturated carbocycles. The standard InChI is InChI=1S/C20H17F2NO5/c1-10-14-9-13(26-3)5-7-17(14)28-18(10)20(25)27-11(2)19(24)23-16-6-4-12(21)8-15(16)22/h4-9,11H,1-3H3,(H,23,24)/t11-/m1/s1. The highest BCUT2D eigenvalue weighted by Crippen LogP contribution is 2.29. The second kappa shape index (κ2) is 7.67. The molecular weight excluding hydrogens is 372 g/mol. The highest BCUT2D eigenvalue weighted by Gasteiger charge is 2.25. The largest absolute Gasteiger partial charge is 0.497 e. The number of halogens is 2. The minimum absolute atomic E-state index is 0.0455. The number of anilines is 1. The Morgan fingerprint density at radius 2 is 1.89 bits per heavy atom. The van der Waals surface area contributed by atoms with Gasteiger partial charge in [0, 0.05) is 17.0 Å². The van der Waals surface area contributed by atoms with E-state index in [0.717, 1.165) is 12.1 Å². The maximum atomic E-state index is 13.6. The van der Waals surface area contributed by atoms with E-state index >= 15 is 0 Å². The molecule has 0 fully saturated rings. The number of amides is 1. The Morgan fingerprint density at radius 1 is 1.14 bits per heavy atom. The van der Waals surface area contributed by atoms with Gasteiger partial charge in [0.1, 0.15) is 23.0 Å². The summed E-state index contributed by atoms with van der Waals surface area (Å²) in [5, 5.41) is 2.92. The summed E-state index contributed by atoms with van der Waals surface area (Å²) in [5.74, 6) is -2.76. The molecule has 0 bridgehead atoms. The minimum atomic E-state index is -1.24. The molecule has 1 atom stereocenters. The number of nitrogens with one attached hydrogen (secondary N) is 1. The molecule has 1 amide bonds. The molecule has 146 valence electrons. The van der Waals surface area contributed by atoms with Crippen LogP contribution < -0.4 is 10.1 Å². The van der Waals surface area contributed by atoms with Crippen LogP contribution in [-0.2, 0) is 9.53 Å². The number of carbonyl (C=O) groups excluding carboxylic acids is 2. The smallest absolute Gasteiger partial charge is 0.375 e. The molecule has 0 saturated heterocycles. The zero-order valence-electron chi connectivity index (χ0n) is 15.3. The van der Waals surface area contributed by atoms with E-state index in [2.05, 4.69) is 5.32 Å². The fourth-order valence-corrected chi connectivity index (χ4v) is 2.61. The number of aryl methyl sites for hydroxylation is 1. The number of ether oxygens (including phenoxy) is 2. The lowest BCUT2D eigenvalue weighted by atomic mass is 10.1. The van der Waals surface area contributed by atoms with Gasteiger partial charge < -0.3 is 19.2 Å². The number of esters is 1. The lowest BCUT2D eigenvalue weighted by Crippen LogP contribution is -2.30. The number of benzene rings is 2. The number of fused-ring (bicyclic) bond motifs is 1. The zero-order valence-corrected chi connectivity index (χ0v) is 15.3. The minimum Gasteiger partial charge on any atom is -0.497 e. The molecule has 8 heteroatoms. The van der Waals surface area contributed by atoms with E-state index in [1.165, 1.54) is 14.0 Å². The van der Waals surface area contributed by atoms with Crippen molar-refractivity contribution < 1.29 is 32.3 Å². The average molecular weight is 389 g/mol. The van der Waals surface area contributed by atoms with Crippen molar-refractivity contribution in [2.45, 2.75) is 20.0 Å². The Morgan fingerprint density at radius 3 is 2.57 bits per heavy atom. The molecule has 0 aliphatic heterocycles. The van der Waals surface area contributed by atoms with Crippen LogP contribution in [0.1, 0.15) is 23.0 Å². The van der Waals surface area contributed by atoms with Crippen LogP contribution in [0.25, 0.3) is 11.0 Å². The molecule has 1 heterocycles. The third-order valence-electron chi connectivity index (χ3n) is 4.17. The second-order valence-electron chi connectivity index (χ2n) is 6.08. The Kier molecular flexibility index (Phi) is 5.30. The van der Waals surface area contributed by atoms with E-state index in [9.17, 15) is 18.4 Å². The lowest BCUT2D eigenvalue weighted by molar-refractivity contribution is -0.123. The molecule has 0 spiro atoms. The first kappa shape index (κ1) is 19.3. The first-order chi connectivity index (χ1) is 13.3. The van der Waals surface area contributed by atoms with Crippen LogP contribution in [0, 0.1) is 18.6 Å². The summed E-state index contributed by atoms with van der Waals surface area (Å²) in [6.07, 6.45) is -1.24. The number of hydrogen-bond donors (Lipinski definition) is 1. The van der Waals surface area contributed by atoms with Crippen molar-refractivity contribution in [1.29, 1.82) is 0 Å². The van der Waals surface area contributed by atoms with E-state index in [4.69, 9.17) is 13.9 Å². The Bertz CT molecular complexity index is 1060. The van der Waals surface area contributed by atoms with Gasteiger partial charge in [0.25, 0.3) is 5.91 Å². The van der Waals surface area contributed by atoms with Crippen LogP contribution in [0.5, 0.6) is 5.75 Å². The molecule has 0 aliphatic carbocycles. The van der Waals surface area contributed by atoms with Gasteiger partial charge in [-0.15, -0.1) is 0 Å². The molecule has 0 aliphatic rings. The van der Waals surface area contributed by atoms with Crippen molar-refractivity contribution in [1.82, 2.24) is 0 Å². The molecule has 28 heavy (non-hydrogen) atoms. The van der Waals surface area contributed by atoms with Crippen molar-refractivity contribution in [2.24, 2.45) is 0 Å². The maximum Gasteiger partial charge on any atom is 0.375 e. The fourth-order valence-electron chi connectivity index (χ4n) is 2.61. The van der Waals surface area contributed by atoms with Gasteiger partial charge in [-0.05, 0) is 44.2 Å². The molecule has 1 aromatic heterocycles. The highest BCUT2D eigenvalue weighted by molar-refractivity contribution is 5.99. The van der Waals surface area contributed by atoms with Crippen LogP contribution >= 0.6 is 0 Å². The van der Waals surface area contributed by atoms with Gasteiger partial charge in [-0.1, -0.05) is 0 Å². The zero-order chi connectivity index (χ0) is 20.4. The molecule has 0 unspecified atom stereocenters. The first-order valence-electron chi connectivity index (χ1n) is 8.34. The monoisotopic (exact) mass is 389 g/mol. The summed E-state index contributed by atoms with van der Waals surface area (Å²) in [4.78, 5) is 24.6. The molecular formula is C20H17F2NO5. The van der Waals surface area contributed by atoms with Crippen LogP contribution in [0.2, 0.25) is 0 Å². The van der Waals surface area contributed by atoms with Crippen molar-refractivity contribution >= 4 is 28.5 Å². The van der Waals surface area contributed by atoms with E-state index in [1.807, 2.05) is 0 Å². The van der Waals surface area contributed by atoms with E-state index in [-0.39, 0.29) is 11.4 Å². The molecule has 3 aromatic rings. The van der Waals surface area contributed by atoms with Gasteiger partial charge in [0.2, 0.25) is 5.76 Å². The van der Waals surface area contributed by atoms with Gasteiger partial charge in [-0.3, -0.25) is 4.79 Å². The number of carbonyl (C=O) groups is 2. The number of methoxy groups -OCH3 is 1. The van der Waals surface area contributed by atoms with Gasteiger partial charge in [0.05, 0.1) is 12.8 Å². The second-order valence-corrected chi connectivity index (χ2v) is 6.08. The van der Waals surface area contributed by atoms with Crippen LogP contribution in [-0.4, -0.2) is 25.1 Å². The Hall–Kier alpha value is -3.42. The third kappa shape index (κ3) is 3.80. The van der Waals surface area contributed by atoms with Gasteiger partial charge in [0.15, 0.2) is 6.10 Å². The summed E-state index contributed by atoms with van der Waals surface area (Å²) >= 11 is 0. The highest BCUT2D eigenvalue weighted by atomic mass is 19.1. The van der Waals surface area contributed by atoms with Gasteiger partial charge in [-0.25, -0.2) is 13.6 Å². The first-order valence-corrected chi connectivity index (χ1v) is 8.34. The fraction of sp³-hybridized carbons (Fsp3) is 0.200. The molecule has 1 N–H and O–H groups in total. The molecule has 0 radical (unpaired) electrons. The van der Waals surface area contributed by atoms with Crippen molar-refractivity contribution in [3.63, 3.8) is 0 Å². The van der Waals surface area contributed by atoms with Crippen molar-refractivity contribution in [2.75, 3.05) is 12.4 Å². The summed E-state index contributed by atoms with van der Waals surface area (Å²) in [6.45, 7) is 3.01. The molecule has 2 aromatic carbocycles. The van der Waals surface area contributed by atoms with Crippen LogP contribution in [0.15, 0.2) is 40.8 Å². The van der Waals surface area contributed by atoms with Crippen LogP contribution in [0.4, 0.5) is 14.5 Å². The molecule has 3 rings (SSSR count). The third-order valence-corrected chi connectivity index (χ3v) is 4.17. The maximum absolute atomic E-state index is 13.6. The summed E-state index contributed by atoms with van der Waals surface area (Å²) < 4.78 is 42.4. The Balaban J connectivity index is 1.74. The van der Waals surface area contributed by atoms with Gasteiger partial charge in [-0.2, -0.15) is 0 Å². The summed E-state index contributed by atoms with van der Waals surface area (Å²) in [6, 6.07) is 7.78. The lowest BCUT2D eigenvalue weighted by Gasteiger charge is -2.13. The van der Waals surface area contributed by atoms with E-state index in [1.54, 1.807) is 25.1 Å². The van der Waals surface area contributed by atoms with Crippen molar-refractivity contribution in [3.8, 4) is 5.75 Å². The molecule has 6 nitrogen and oxygen atoms in total. The van der Waals surface area contributed by atoms with Crippen molar-refractivity contribution in [3.05, 3.63) is 59.4 Å². The van der Waals surface area contributed by atoms with E-state index < -0.39 is 29.6 Å². The normalized spacial score (nSPS) is 11.9. The average Bonchev–Trinajstić information content (AvgIpc) is 3.00. The predicted molar refractivity (Wildman–Crippen MR) is 97.4 cm³/mol. The predicted octanol–water partition coefficient (Wildman–Crippen LogP) is 4.21. The summed E-state index contributed by atoms with van der Waals surface area (Å²) in [7, 11) is 1.52. The van der Waals surface area contributed by atoms with Gasteiger partial charge >= 0.3 is 5.97 Å². The SMILES string of the molecule is COc1ccc2oc(C(=O)O[C@H](C)C(=O)Nc3ccc(F)cc3F)c(C)c2c1. The Labute approximate surface area is 159 Å². The number of furan rings is 1. The van der Waals surface area contributed by atoms with Crippen LogP contribution in [0.3, 0.4) is 0 Å². The van der Waals surface area contributed by atoms with E-state index in [0.29, 0.717) is 28.3 Å². The quantitative estimate of drug-likeness (QED) is 0.662. The number of hydrogen-bond acceptors (Lipinski definition) is 5. The number of rotatable bonds is 5. The topological polar surface area (TPSA) is 77.8 Å².